The van der Waals surface area contributed by atoms with Crippen LogP contribution in [0.3, 0.4) is 0 Å². The number of carbonyl (C=O) groups excluding carboxylic acids is 2. The lowest BCUT2D eigenvalue weighted by Gasteiger charge is -2.20. The fourth-order valence-electron chi connectivity index (χ4n) is 2.33. The molecule has 1 aromatic rings. The fourth-order valence-corrected chi connectivity index (χ4v) is 2.33. The van der Waals surface area contributed by atoms with Gasteiger partial charge in [0, 0.05) is 18.5 Å². The number of benzene rings is 1. The number of fused-ring (bicyclic) bond motifs is 1. The highest BCUT2D eigenvalue weighted by atomic mass is 35.5. The number of aryl methyl sites for hydroxylation is 1. The van der Waals surface area contributed by atoms with E-state index in [4.69, 9.17) is 5.73 Å². The van der Waals surface area contributed by atoms with Gasteiger partial charge in [0.1, 0.15) is 0 Å². The average molecular weight is 312 g/mol. The molecule has 2 rings (SSSR count). The maximum absolute atomic E-state index is 11.7. The molecular formula is C15H22ClN3O2. The largest absolute Gasteiger partial charge is 0.350 e. The fraction of sp³-hybridized carbons (Fsp3) is 0.467. The highest BCUT2D eigenvalue weighted by molar-refractivity contribution is 5.93. The molecule has 1 aliphatic heterocycles. The van der Waals surface area contributed by atoms with Crippen molar-refractivity contribution in [2.45, 2.75) is 38.6 Å². The highest BCUT2D eigenvalue weighted by Gasteiger charge is 2.16. The molecule has 0 saturated heterocycles. The average Bonchev–Trinajstić information content (AvgIpc) is 2.44. The molecule has 0 saturated carbocycles. The van der Waals surface area contributed by atoms with Gasteiger partial charge in [-0.15, -0.1) is 12.4 Å². The lowest BCUT2D eigenvalue weighted by Crippen LogP contribution is -2.27. The molecule has 1 heterocycles. The van der Waals surface area contributed by atoms with Gasteiger partial charge >= 0.3 is 0 Å². The van der Waals surface area contributed by atoms with Crippen molar-refractivity contribution >= 4 is 29.9 Å². The minimum absolute atomic E-state index is 0. The van der Waals surface area contributed by atoms with Gasteiger partial charge in [-0.25, -0.2) is 0 Å². The van der Waals surface area contributed by atoms with Crippen LogP contribution in [0.25, 0.3) is 0 Å². The van der Waals surface area contributed by atoms with Crippen LogP contribution in [0.4, 0.5) is 5.69 Å². The zero-order valence-electron chi connectivity index (χ0n) is 12.1. The van der Waals surface area contributed by atoms with Gasteiger partial charge in [-0.1, -0.05) is 12.1 Å². The summed E-state index contributed by atoms with van der Waals surface area (Å²) in [4.78, 5) is 23.0. The zero-order chi connectivity index (χ0) is 14.5. The highest BCUT2D eigenvalue weighted by Crippen LogP contribution is 2.26. The predicted molar refractivity (Wildman–Crippen MR) is 85.5 cm³/mol. The predicted octanol–water partition coefficient (Wildman–Crippen LogP) is 1.91. The molecule has 0 aliphatic carbocycles. The standard InChI is InChI=1S/C15H21N3O2.ClH/c1-10(17-14(19)3-2-8-16)11-4-6-13-12(9-11)5-7-15(20)18-13;/h4,6,9-10H,2-3,5,7-8,16H2,1H3,(H,17,19)(H,18,20);1H. The van der Waals surface area contributed by atoms with Crippen LogP contribution >= 0.6 is 12.4 Å². The van der Waals surface area contributed by atoms with Gasteiger partial charge in [-0.3, -0.25) is 9.59 Å². The van der Waals surface area contributed by atoms with E-state index < -0.39 is 0 Å². The molecule has 1 atom stereocenters. The summed E-state index contributed by atoms with van der Waals surface area (Å²) in [6.45, 7) is 2.49. The van der Waals surface area contributed by atoms with E-state index in [0.717, 1.165) is 23.2 Å². The molecular weight excluding hydrogens is 290 g/mol. The Labute approximate surface area is 131 Å². The summed E-state index contributed by atoms with van der Waals surface area (Å²) >= 11 is 0. The van der Waals surface area contributed by atoms with Crippen molar-refractivity contribution in [2.24, 2.45) is 5.73 Å². The second-order valence-electron chi connectivity index (χ2n) is 5.15. The third kappa shape index (κ3) is 4.72. The number of rotatable bonds is 5. The van der Waals surface area contributed by atoms with E-state index in [-0.39, 0.29) is 30.3 Å². The van der Waals surface area contributed by atoms with Crippen LogP contribution in [-0.2, 0) is 16.0 Å². The lowest BCUT2D eigenvalue weighted by molar-refractivity contribution is -0.121. The Hall–Kier alpha value is -1.59. The molecule has 21 heavy (non-hydrogen) atoms. The molecule has 0 spiro atoms. The SMILES string of the molecule is CC(NC(=O)CCCN)c1ccc2c(c1)CCC(=O)N2.Cl. The van der Waals surface area contributed by atoms with Crippen molar-refractivity contribution in [1.82, 2.24) is 5.32 Å². The van der Waals surface area contributed by atoms with Crippen molar-refractivity contribution in [1.29, 1.82) is 0 Å². The van der Waals surface area contributed by atoms with Crippen molar-refractivity contribution in [3.05, 3.63) is 29.3 Å². The Morgan fingerprint density at radius 1 is 1.43 bits per heavy atom. The molecule has 6 heteroatoms. The van der Waals surface area contributed by atoms with Gasteiger partial charge < -0.3 is 16.4 Å². The second kappa shape index (κ2) is 8.00. The molecule has 1 aromatic carbocycles. The van der Waals surface area contributed by atoms with Crippen LogP contribution in [0.1, 0.15) is 43.4 Å². The summed E-state index contributed by atoms with van der Waals surface area (Å²) in [5.74, 6) is 0.0855. The maximum Gasteiger partial charge on any atom is 0.224 e. The topological polar surface area (TPSA) is 84.2 Å². The lowest BCUT2D eigenvalue weighted by atomic mass is 9.97. The number of hydrogen-bond donors (Lipinski definition) is 3. The summed E-state index contributed by atoms with van der Waals surface area (Å²) in [5.41, 5.74) is 8.46. The molecule has 5 nitrogen and oxygen atoms in total. The first kappa shape index (κ1) is 17.5. The Kier molecular flexibility index (Phi) is 6.65. The molecule has 0 bridgehead atoms. The van der Waals surface area contributed by atoms with Crippen molar-refractivity contribution in [2.75, 3.05) is 11.9 Å². The van der Waals surface area contributed by atoms with E-state index in [2.05, 4.69) is 16.7 Å². The van der Waals surface area contributed by atoms with E-state index in [1.807, 2.05) is 19.1 Å². The quantitative estimate of drug-likeness (QED) is 0.776. The molecule has 0 aromatic heterocycles. The van der Waals surface area contributed by atoms with E-state index in [0.29, 0.717) is 25.8 Å². The second-order valence-corrected chi connectivity index (χ2v) is 5.15. The summed E-state index contributed by atoms with van der Waals surface area (Å²) in [6.07, 6.45) is 2.44. The van der Waals surface area contributed by atoms with Crippen LogP contribution in [-0.4, -0.2) is 18.4 Å². The summed E-state index contributed by atoms with van der Waals surface area (Å²) < 4.78 is 0. The molecule has 0 radical (unpaired) electrons. The van der Waals surface area contributed by atoms with Gasteiger partial charge in [0.25, 0.3) is 0 Å². The van der Waals surface area contributed by atoms with E-state index >= 15 is 0 Å². The van der Waals surface area contributed by atoms with Crippen molar-refractivity contribution in [3.63, 3.8) is 0 Å². The number of halogens is 1. The minimum atomic E-state index is -0.0387. The molecule has 2 amide bonds. The first-order valence-corrected chi connectivity index (χ1v) is 7.02. The van der Waals surface area contributed by atoms with Gasteiger partial charge in [-0.05, 0) is 43.5 Å². The normalized spacial score (nSPS) is 14.5. The number of anilines is 1. The Bertz CT molecular complexity index is 520. The molecule has 1 aliphatic rings. The van der Waals surface area contributed by atoms with Crippen LogP contribution < -0.4 is 16.4 Å². The molecule has 1 unspecified atom stereocenters. The number of amides is 2. The smallest absolute Gasteiger partial charge is 0.224 e. The van der Waals surface area contributed by atoms with Crippen LogP contribution in [0, 0.1) is 0 Å². The Morgan fingerprint density at radius 3 is 2.90 bits per heavy atom. The van der Waals surface area contributed by atoms with Crippen LogP contribution in [0.15, 0.2) is 18.2 Å². The summed E-state index contributed by atoms with van der Waals surface area (Å²) in [5, 5.41) is 5.82. The van der Waals surface area contributed by atoms with Gasteiger partial charge in [0.15, 0.2) is 0 Å². The minimum Gasteiger partial charge on any atom is -0.350 e. The van der Waals surface area contributed by atoms with Gasteiger partial charge in [0.05, 0.1) is 6.04 Å². The summed E-state index contributed by atoms with van der Waals surface area (Å²) in [6, 6.07) is 5.87. The number of nitrogens with two attached hydrogens (primary N) is 1. The maximum atomic E-state index is 11.7. The third-order valence-electron chi connectivity index (χ3n) is 3.51. The first-order valence-electron chi connectivity index (χ1n) is 7.02. The molecule has 0 fully saturated rings. The van der Waals surface area contributed by atoms with Gasteiger partial charge in [0.2, 0.25) is 11.8 Å². The van der Waals surface area contributed by atoms with E-state index in [1.165, 1.54) is 0 Å². The third-order valence-corrected chi connectivity index (χ3v) is 3.51. The van der Waals surface area contributed by atoms with Crippen molar-refractivity contribution in [3.8, 4) is 0 Å². The van der Waals surface area contributed by atoms with Gasteiger partial charge in [-0.2, -0.15) is 0 Å². The molecule has 116 valence electrons. The van der Waals surface area contributed by atoms with E-state index in [9.17, 15) is 9.59 Å². The molecule has 4 N–H and O–H groups in total. The number of carbonyl (C=O) groups is 2. The summed E-state index contributed by atoms with van der Waals surface area (Å²) in [7, 11) is 0. The number of nitrogens with one attached hydrogen (secondary N) is 2. The van der Waals surface area contributed by atoms with Crippen molar-refractivity contribution < 1.29 is 9.59 Å². The Balaban J connectivity index is 0.00000220. The van der Waals surface area contributed by atoms with Crippen LogP contribution in [0.5, 0.6) is 0 Å². The first-order chi connectivity index (χ1) is 9.60. The monoisotopic (exact) mass is 311 g/mol. The Morgan fingerprint density at radius 2 is 2.19 bits per heavy atom. The zero-order valence-corrected chi connectivity index (χ0v) is 13.0. The van der Waals surface area contributed by atoms with Crippen LogP contribution in [0.2, 0.25) is 0 Å². The number of hydrogen-bond acceptors (Lipinski definition) is 3. The van der Waals surface area contributed by atoms with E-state index in [1.54, 1.807) is 0 Å².